The van der Waals surface area contributed by atoms with Gasteiger partial charge in [0.25, 0.3) is 0 Å². The lowest BCUT2D eigenvalue weighted by atomic mass is 10.3. The summed E-state index contributed by atoms with van der Waals surface area (Å²) in [5.74, 6) is -0.0863. The molecule has 3 nitrogen and oxygen atoms in total. The number of rotatable bonds is 4. The van der Waals surface area contributed by atoms with Gasteiger partial charge in [-0.1, -0.05) is 37.6 Å². The van der Waals surface area contributed by atoms with Crippen molar-refractivity contribution >= 4 is 23.2 Å². The number of halogens is 1. The molecule has 0 aliphatic heterocycles. The van der Waals surface area contributed by atoms with E-state index in [2.05, 4.69) is 10.6 Å². The maximum atomic E-state index is 11.4. The largest absolute Gasteiger partial charge is 0.324 e. The summed E-state index contributed by atoms with van der Waals surface area (Å²) in [4.78, 5) is 11.4. The molecule has 0 aliphatic carbocycles. The summed E-state index contributed by atoms with van der Waals surface area (Å²) in [6.07, 6.45) is 0. The lowest BCUT2D eigenvalue weighted by Crippen LogP contribution is -2.32. The highest BCUT2D eigenvalue weighted by Crippen LogP contribution is 2.19. The zero-order valence-corrected chi connectivity index (χ0v) is 9.64. The van der Waals surface area contributed by atoms with Crippen LogP contribution < -0.4 is 10.6 Å². The van der Waals surface area contributed by atoms with Crippen molar-refractivity contribution in [1.82, 2.24) is 5.32 Å². The Bertz CT molecular complexity index is 339. The minimum atomic E-state index is -0.0863. The van der Waals surface area contributed by atoms with Crippen LogP contribution in [0.3, 0.4) is 0 Å². The maximum absolute atomic E-state index is 11.4. The molecule has 0 spiro atoms. The Hall–Kier alpha value is -1.06. The number of hydrogen-bond acceptors (Lipinski definition) is 2. The average Bonchev–Trinajstić information content (AvgIpc) is 2.18. The molecule has 0 saturated carbocycles. The summed E-state index contributed by atoms with van der Waals surface area (Å²) in [7, 11) is 0. The van der Waals surface area contributed by atoms with Crippen LogP contribution in [-0.2, 0) is 4.79 Å². The second kappa shape index (κ2) is 5.73. The Morgan fingerprint density at radius 3 is 2.67 bits per heavy atom. The van der Waals surface area contributed by atoms with Crippen molar-refractivity contribution in [3.05, 3.63) is 29.3 Å². The molecule has 0 bridgehead atoms. The van der Waals surface area contributed by atoms with E-state index in [1.165, 1.54) is 0 Å². The number of benzene rings is 1. The van der Waals surface area contributed by atoms with Gasteiger partial charge in [0.2, 0.25) is 5.91 Å². The van der Waals surface area contributed by atoms with Gasteiger partial charge in [0.05, 0.1) is 17.3 Å². The second-order valence-electron chi connectivity index (χ2n) is 3.56. The fourth-order valence-electron chi connectivity index (χ4n) is 1.05. The Labute approximate surface area is 94.8 Å². The molecular formula is C11H15ClN2O. The monoisotopic (exact) mass is 226 g/mol. The van der Waals surface area contributed by atoms with Crippen molar-refractivity contribution in [2.24, 2.45) is 0 Å². The molecule has 1 aromatic rings. The smallest absolute Gasteiger partial charge is 0.238 e. The Morgan fingerprint density at radius 1 is 1.40 bits per heavy atom. The maximum Gasteiger partial charge on any atom is 0.238 e. The average molecular weight is 227 g/mol. The topological polar surface area (TPSA) is 41.1 Å². The molecule has 1 amide bonds. The predicted octanol–water partition coefficient (Wildman–Crippen LogP) is 2.28. The molecule has 0 saturated heterocycles. The van der Waals surface area contributed by atoms with Gasteiger partial charge in [-0.05, 0) is 12.1 Å². The lowest BCUT2D eigenvalue weighted by Gasteiger charge is -2.09. The van der Waals surface area contributed by atoms with Gasteiger partial charge in [-0.25, -0.2) is 0 Å². The fraction of sp³-hybridized carbons (Fsp3) is 0.364. The first-order valence-corrected chi connectivity index (χ1v) is 5.25. The van der Waals surface area contributed by atoms with Crippen LogP contribution in [0.15, 0.2) is 24.3 Å². The van der Waals surface area contributed by atoms with Crippen LogP contribution in [-0.4, -0.2) is 18.5 Å². The Morgan fingerprint density at radius 2 is 2.07 bits per heavy atom. The molecule has 0 aromatic heterocycles. The number of anilines is 1. The highest BCUT2D eigenvalue weighted by Gasteiger charge is 2.04. The van der Waals surface area contributed by atoms with Gasteiger partial charge in [0.15, 0.2) is 0 Å². The highest BCUT2D eigenvalue weighted by molar-refractivity contribution is 6.33. The van der Waals surface area contributed by atoms with Crippen LogP contribution in [0.4, 0.5) is 5.69 Å². The number of nitrogens with one attached hydrogen (secondary N) is 2. The summed E-state index contributed by atoms with van der Waals surface area (Å²) in [5.41, 5.74) is 0.648. The molecule has 1 aromatic carbocycles. The van der Waals surface area contributed by atoms with Gasteiger partial charge in [0, 0.05) is 6.04 Å². The number of amides is 1. The first kappa shape index (κ1) is 12.0. The Balaban J connectivity index is 2.48. The van der Waals surface area contributed by atoms with E-state index in [1.54, 1.807) is 12.1 Å². The molecule has 4 heteroatoms. The van der Waals surface area contributed by atoms with E-state index >= 15 is 0 Å². The Kier molecular flexibility index (Phi) is 4.59. The fourth-order valence-corrected chi connectivity index (χ4v) is 1.24. The normalized spacial score (nSPS) is 10.4. The molecule has 2 N–H and O–H groups in total. The van der Waals surface area contributed by atoms with E-state index in [1.807, 2.05) is 26.0 Å². The van der Waals surface area contributed by atoms with E-state index in [4.69, 9.17) is 11.6 Å². The van der Waals surface area contributed by atoms with Gasteiger partial charge in [-0.15, -0.1) is 0 Å². The van der Waals surface area contributed by atoms with Crippen LogP contribution in [0.2, 0.25) is 5.02 Å². The van der Waals surface area contributed by atoms with Crippen LogP contribution in [0, 0.1) is 0 Å². The van der Waals surface area contributed by atoms with Crippen molar-refractivity contribution in [2.45, 2.75) is 19.9 Å². The van der Waals surface area contributed by atoms with Gasteiger partial charge >= 0.3 is 0 Å². The number of carbonyl (C=O) groups is 1. The summed E-state index contributed by atoms with van der Waals surface area (Å²) in [5, 5.41) is 6.31. The van der Waals surface area contributed by atoms with E-state index in [9.17, 15) is 4.79 Å². The van der Waals surface area contributed by atoms with Gasteiger partial charge < -0.3 is 10.6 Å². The van der Waals surface area contributed by atoms with Gasteiger partial charge in [0.1, 0.15) is 0 Å². The molecule has 0 unspecified atom stereocenters. The minimum Gasteiger partial charge on any atom is -0.324 e. The third-order valence-corrected chi connectivity index (χ3v) is 2.15. The van der Waals surface area contributed by atoms with Crippen molar-refractivity contribution < 1.29 is 4.79 Å². The first-order chi connectivity index (χ1) is 7.09. The van der Waals surface area contributed by atoms with E-state index < -0.39 is 0 Å². The molecule has 15 heavy (non-hydrogen) atoms. The van der Waals surface area contributed by atoms with Gasteiger partial charge in [-0.3, -0.25) is 4.79 Å². The van der Waals surface area contributed by atoms with Gasteiger partial charge in [-0.2, -0.15) is 0 Å². The molecule has 0 fully saturated rings. The summed E-state index contributed by atoms with van der Waals surface area (Å²) in [6.45, 7) is 4.27. The highest BCUT2D eigenvalue weighted by atomic mass is 35.5. The minimum absolute atomic E-state index is 0.0863. The first-order valence-electron chi connectivity index (χ1n) is 4.87. The predicted molar refractivity (Wildman–Crippen MR) is 63.2 cm³/mol. The molecule has 1 rings (SSSR count). The molecule has 0 heterocycles. The van der Waals surface area contributed by atoms with Crippen LogP contribution in [0.5, 0.6) is 0 Å². The quantitative estimate of drug-likeness (QED) is 0.827. The van der Waals surface area contributed by atoms with Crippen molar-refractivity contribution in [1.29, 1.82) is 0 Å². The lowest BCUT2D eigenvalue weighted by molar-refractivity contribution is -0.115. The SMILES string of the molecule is CC(C)NCC(=O)Nc1ccccc1Cl. The molecule has 82 valence electrons. The third kappa shape index (κ3) is 4.32. The number of para-hydroxylation sites is 1. The summed E-state index contributed by atoms with van der Waals surface area (Å²) in [6, 6.07) is 7.46. The standard InChI is InChI=1S/C11H15ClN2O/c1-8(2)13-7-11(15)14-10-6-4-3-5-9(10)12/h3-6,8,13H,7H2,1-2H3,(H,14,15). The van der Waals surface area contributed by atoms with Crippen molar-refractivity contribution in [3.8, 4) is 0 Å². The van der Waals surface area contributed by atoms with Crippen molar-refractivity contribution in [3.63, 3.8) is 0 Å². The zero-order valence-electron chi connectivity index (χ0n) is 8.88. The molecular weight excluding hydrogens is 212 g/mol. The van der Waals surface area contributed by atoms with E-state index in [0.717, 1.165) is 0 Å². The van der Waals surface area contributed by atoms with E-state index in [-0.39, 0.29) is 5.91 Å². The van der Waals surface area contributed by atoms with E-state index in [0.29, 0.717) is 23.3 Å². The van der Waals surface area contributed by atoms with Crippen LogP contribution in [0.1, 0.15) is 13.8 Å². The second-order valence-corrected chi connectivity index (χ2v) is 3.97. The molecule has 0 atom stereocenters. The molecule has 0 aliphatic rings. The van der Waals surface area contributed by atoms with Crippen LogP contribution in [0.25, 0.3) is 0 Å². The summed E-state index contributed by atoms with van der Waals surface area (Å²) >= 11 is 5.90. The number of hydrogen-bond donors (Lipinski definition) is 2. The number of carbonyl (C=O) groups excluding carboxylic acids is 1. The molecule has 0 radical (unpaired) electrons. The van der Waals surface area contributed by atoms with Crippen molar-refractivity contribution in [2.75, 3.05) is 11.9 Å². The van der Waals surface area contributed by atoms with Crippen LogP contribution >= 0.6 is 11.6 Å². The summed E-state index contributed by atoms with van der Waals surface area (Å²) < 4.78 is 0. The third-order valence-electron chi connectivity index (χ3n) is 1.82. The zero-order chi connectivity index (χ0) is 11.3.